The summed E-state index contributed by atoms with van der Waals surface area (Å²) in [4.78, 5) is 15.4. The number of hydrogen-bond donors (Lipinski definition) is 1. The van der Waals surface area contributed by atoms with Crippen LogP contribution < -0.4 is 5.32 Å². The summed E-state index contributed by atoms with van der Waals surface area (Å²) in [5.41, 5.74) is 0.296. The lowest BCUT2D eigenvalue weighted by Crippen LogP contribution is -2.13. The van der Waals surface area contributed by atoms with Crippen molar-refractivity contribution < 1.29 is 13.2 Å². The number of amides is 1. The Morgan fingerprint density at radius 1 is 1.53 bits per heavy atom. The highest BCUT2D eigenvalue weighted by atomic mass is 35.7. The van der Waals surface area contributed by atoms with Gasteiger partial charge < -0.3 is 5.32 Å². The lowest BCUT2D eigenvalue weighted by Gasteiger charge is -2.03. The molecule has 1 aromatic heterocycles. The molecule has 1 heterocycles. The Labute approximate surface area is 109 Å². The van der Waals surface area contributed by atoms with E-state index in [1.807, 2.05) is 13.8 Å². The van der Waals surface area contributed by atoms with Gasteiger partial charge in [0.2, 0.25) is 5.91 Å². The quantitative estimate of drug-likeness (QED) is 0.865. The van der Waals surface area contributed by atoms with Gasteiger partial charge in [0, 0.05) is 17.1 Å². The van der Waals surface area contributed by atoms with Crippen molar-refractivity contribution in [1.29, 1.82) is 0 Å². The van der Waals surface area contributed by atoms with Crippen molar-refractivity contribution in [3.8, 4) is 0 Å². The minimum atomic E-state index is -3.79. The first kappa shape index (κ1) is 14.4. The van der Waals surface area contributed by atoms with Crippen molar-refractivity contribution >= 4 is 42.1 Å². The van der Waals surface area contributed by atoms with E-state index in [0.29, 0.717) is 12.1 Å². The fourth-order valence-electron chi connectivity index (χ4n) is 1.20. The molecule has 17 heavy (non-hydrogen) atoms. The third kappa shape index (κ3) is 4.25. The molecule has 1 rings (SSSR count). The topological polar surface area (TPSA) is 76.1 Å². The van der Waals surface area contributed by atoms with E-state index >= 15 is 0 Å². The van der Waals surface area contributed by atoms with Gasteiger partial charge in [0.15, 0.2) is 9.34 Å². The molecule has 0 bridgehead atoms. The Balaban J connectivity index is 2.85. The summed E-state index contributed by atoms with van der Waals surface area (Å²) < 4.78 is 22.3. The van der Waals surface area contributed by atoms with Crippen LogP contribution in [0, 0.1) is 12.8 Å². The standard InChI is InChI=1S/C9H13ClN2O3S2/c1-5(2)4-7(13)12-9-11-6(3)8(16-9)17(10,14)15/h5H,4H2,1-3H3,(H,11,12,13). The van der Waals surface area contributed by atoms with Crippen LogP contribution in [-0.2, 0) is 13.8 Å². The summed E-state index contributed by atoms with van der Waals surface area (Å²) >= 11 is 0.859. The zero-order valence-electron chi connectivity index (χ0n) is 9.65. The van der Waals surface area contributed by atoms with Gasteiger partial charge in [-0.2, -0.15) is 0 Å². The monoisotopic (exact) mass is 296 g/mol. The highest BCUT2D eigenvalue weighted by Gasteiger charge is 2.20. The highest BCUT2D eigenvalue weighted by molar-refractivity contribution is 8.15. The van der Waals surface area contributed by atoms with Crippen molar-refractivity contribution in [2.45, 2.75) is 31.4 Å². The Morgan fingerprint density at radius 2 is 2.12 bits per heavy atom. The van der Waals surface area contributed by atoms with E-state index in [2.05, 4.69) is 10.3 Å². The van der Waals surface area contributed by atoms with Crippen LogP contribution in [0.1, 0.15) is 26.0 Å². The Hall–Kier alpha value is -0.660. The SMILES string of the molecule is Cc1nc(NC(=O)CC(C)C)sc1S(=O)(=O)Cl. The summed E-state index contributed by atoms with van der Waals surface area (Å²) in [7, 11) is 1.43. The summed E-state index contributed by atoms with van der Waals surface area (Å²) in [5.74, 6) is 0.0413. The molecule has 0 saturated heterocycles. The lowest BCUT2D eigenvalue weighted by atomic mass is 10.1. The second-order valence-corrected chi connectivity index (χ2v) is 7.74. The highest BCUT2D eigenvalue weighted by Crippen LogP contribution is 2.29. The molecule has 1 aromatic rings. The molecule has 0 fully saturated rings. The fourth-order valence-corrected chi connectivity index (χ4v) is 3.57. The molecule has 5 nitrogen and oxygen atoms in total. The number of aryl methyl sites for hydroxylation is 1. The number of rotatable bonds is 4. The number of anilines is 1. The maximum atomic E-state index is 11.5. The zero-order valence-corrected chi connectivity index (χ0v) is 12.0. The minimum absolute atomic E-state index is 0.0287. The first-order valence-corrected chi connectivity index (χ1v) is 8.04. The normalized spacial score (nSPS) is 11.8. The van der Waals surface area contributed by atoms with Crippen molar-refractivity contribution in [2.75, 3.05) is 5.32 Å². The molecule has 0 atom stereocenters. The van der Waals surface area contributed by atoms with Crippen LogP contribution in [-0.4, -0.2) is 19.3 Å². The van der Waals surface area contributed by atoms with Crippen LogP contribution in [0.15, 0.2) is 4.21 Å². The molecule has 0 aliphatic rings. The second kappa shape index (κ2) is 5.32. The van der Waals surface area contributed by atoms with Gasteiger partial charge in [-0.05, 0) is 12.8 Å². The predicted octanol–water partition coefficient (Wildman–Crippen LogP) is 2.36. The third-order valence-corrected chi connectivity index (χ3v) is 5.07. The summed E-state index contributed by atoms with van der Waals surface area (Å²) in [6.07, 6.45) is 0.363. The molecule has 96 valence electrons. The first-order chi connectivity index (χ1) is 7.70. The number of carbonyl (C=O) groups is 1. The molecule has 0 aliphatic heterocycles. The maximum absolute atomic E-state index is 11.5. The minimum Gasteiger partial charge on any atom is -0.302 e. The van der Waals surface area contributed by atoms with Crippen LogP contribution in [0.3, 0.4) is 0 Å². The third-order valence-electron chi connectivity index (χ3n) is 1.82. The number of carbonyl (C=O) groups excluding carboxylic acids is 1. The van der Waals surface area contributed by atoms with Crippen LogP contribution in [0.2, 0.25) is 0 Å². The molecule has 0 saturated carbocycles. The van der Waals surface area contributed by atoms with Crippen molar-refractivity contribution in [1.82, 2.24) is 4.98 Å². The fraction of sp³-hybridized carbons (Fsp3) is 0.556. The maximum Gasteiger partial charge on any atom is 0.272 e. The molecule has 0 aliphatic carbocycles. The van der Waals surface area contributed by atoms with E-state index in [4.69, 9.17) is 10.7 Å². The predicted molar refractivity (Wildman–Crippen MR) is 68.0 cm³/mol. The van der Waals surface area contributed by atoms with E-state index in [1.165, 1.54) is 6.92 Å². The number of aromatic nitrogens is 1. The molecule has 0 aromatic carbocycles. The molecule has 8 heteroatoms. The number of thiazole rings is 1. The molecule has 0 spiro atoms. The Morgan fingerprint density at radius 3 is 2.53 bits per heavy atom. The van der Waals surface area contributed by atoms with Crippen LogP contribution in [0.5, 0.6) is 0 Å². The van der Waals surface area contributed by atoms with Gasteiger partial charge in [0.05, 0.1) is 5.69 Å². The Kier molecular flexibility index (Phi) is 4.51. The zero-order chi connectivity index (χ0) is 13.2. The van der Waals surface area contributed by atoms with Crippen LogP contribution in [0.4, 0.5) is 5.13 Å². The van der Waals surface area contributed by atoms with Crippen molar-refractivity contribution in [2.24, 2.45) is 5.92 Å². The van der Waals surface area contributed by atoms with Gasteiger partial charge in [-0.25, -0.2) is 13.4 Å². The van der Waals surface area contributed by atoms with Gasteiger partial charge in [-0.15, -0.1) is 0 Å². The Bertz CT molecular complexity index is 522. The van der Waals surface area contributed by atoms with E-state index in [1.54, 1.807) is 0 Å². The molecule has 1 N–H and O–H groups in total. The van der Waals surface area contributed by atoms with Gasteiger partial charge in [0.1, 0.15) is 0 Å². The molecular formula is C9H13ClN2O3S2. The van der Waals surface area contributed by atoms with Gasteiger partial charge in [-0.1, -0.05) is 25.2 Å². The number of nitrogens with one attached hydrogen (secondary N) is 1. The van der Waals surface area contributed by atoms with Gasteiger partial charge in [-0.3, -0.25) is 4.79 Å². The molecule has 0 unspecified atom stereocenters. The lowest BCUT2D eigenvalue weighted by molar-refractivity contribution is -0.116. The van der Waals surface area contributed by atoms with E-state index in [9.17, 15) is 13.2 Å². The average Bonchev–Trinajstić information content (AvgIpc) is 2.43. The number of halogens is 1. The van der Waals surface area contributed by atoms with E-state index in [0.717, 1.165) is 11.3 Å². The van der Waals surface area contributed by atoms with E-state index in [-0.39, 0.29) is 21.2 Å². The largest absolute Gasteiger partial charge is 0.302 e. The number of hydrogen-bond acceptors (Lipinski definition) is 5. The molecule has 1 amide bonds. The second-order valence-electron chi connectivity index (χ2n) is 3.98. The van der Waals surface area contributed by atoms with E-state index < -0.39 is 9.05 Å². The van der Waals surface area contributed by atoms with Crippen LogP contribution >= 0.6 is 22.0 Å². The van der Waals surface area contributed by atoms with Crippen LogP contribution in [0.25, 0.3) is 0 Å². The molecular weight excluding hydrogens is 284 g/mol. The van der Waals surface area contributed by atoms with Crippen molar-refractivity contribution in [3.05, 3.63) is 5.69 Å². The first-order valence-electron chi connectivity index (χ1n) is 4.92. The van der Waals surface area contributed by atoms with Gasteiger partial charge >= 0.3 is 0 Å². The molecule has 0 radical (unpaired) electrons. The smallest absolute Gasteiger partial charge is 0.272 e. The van der Waals surface area contributed by atoms with Gasteiger partial charge in [0.25, 0.3) is 9.05 Å². The summed E-state index contributed by atoms with van der Waals surface area (Å²) in [5, 5.41) is 2.81. The number of nitrogens with zero attached hydrogens (tertiary/aromatic N) is 1. The average molecular weight is 297 g/mol. The summed E-state index contributed by atoms with van der Waals surface area (Å²) in [6, 6.07) is 0. The summed E-state index contributed by atoms with van der Waals surface area (Å²) in [6.45, 7) is 5.37. The van der Waals surface area contributed by atoms with Crippen molar-refractivity contribution in [3.63, 3.8) is 0 Å².